The van der Waals surface area contributed by atoms with Crippen molar-refractivity contribution in [2.45, 2.75) is 33.4 Å². The molecule has 148 valence electrons. The highest BCUT2D eigenvalue weighted by molar-refractivity contribution is 6.14. The van der Waals surface area contributed by atoms with E-state index in [0.29, 0.717) is 22.2 Å². The average Bonchev–Trinajstić information content (AvgIpc) is 2.89. The van der Waals surface area contributed by atoms with E-state index in [4.69, 9.17) is 4.42 Å². The van der Waals surface area contributed by atoms with Crippen LogP contribution in [-0.4, -0.2) is 22.9 Å². The molecular weight excluding hydrogens is 375 g/mol. The average molecular weight is 394 g/mol. The lowest BCUT2D eigenvalue weighted by Gasteiger charge is -2.19. The molecule has 0 radical (unpaired) electrons. The fourth-order valence-corrected chi connectivity index (χ4v) is 3.63. The van der Waals surface area contributed by atoms with Gasteiger partial charge in [0, 0.05) is 17.1 Å². The molecule has 1 fully saturated rings. The van der Waals surface area contributed by atoms with Gasteiger partial charge < -0.3 is 4.42 Å². The summed E-state index contributed by atoms with van der Waals surface area (Å²) >= 11 is 0. The lowest BCUT2D eigenvalue weighted by atomic mass is 10.0. The SMILES string of the molecule is Cc1ccc2c(CN3C(=O)C(C)N(c4ccc(F)cc4)C3=O)cc(=O)oc2c1C. The molecule has 2 aromatic carbocycles. The van der Waals surface area contributed by atoms with Crippen molar-refractivity contribution in [3.63, 3.8) is 0 Å². The van der Waals surface area contributed by atoms with Crippen LogP contribution >= 0.6 is 0 Å². The maximum atomic E-state index is 13.2. The minimum absolute atomic E-state index is 0.0513. The maximum Gasteiger partial charge on any atom is 0.336 e. The molecule has 0 aliphatic carbocycles. The van der Waals surface area contributed by atoms with Gasteiger partial charge in [0.2, 0.25) is 0 Å². The number of rotatable bonds is 3. The maximum absolute atomic E-state index is 13.2. The summed E-state index contributed by atoms with van der Waals surface area (Å²) in [7, 11) is 0. The van der Waals surface area contributed by atoms with Gasteiger partial charge in [-0.3, -0.25) is 14.6 Å². The Morgan fingerprint density at radius 2 is 1.72 bits per heavy atom. The van der Waals surface area contributed by atoms with Crippen LogP contribution in [0.5, 0.6) is 0 Å². The zero-order chi connectivity index (χ0) is 20.9. The number of nitrogens with zero attached hydrogens (tertiary/aromatic N) is 2. The van der Waals surface area contributed by atoms with Gasteiger partial charge in [-0.2, -0.15) is 0 Å². The Bertz CT molecular complexity index is 1200. The van der Waals surface area contributed by atoms with Gasteiger partial charge in [-0.15, -0.1) is 0 Å². The van der Waals surface area contributed by atoms with E-state index in [2.05, 4.69) is 0 Å². The number of hydrogen-bond donors (Lipinski definition) is 0. The van der Waals surface area contributed by atoms with E-state index in [-0.39, 0.29) is 12.5 Å². The Morgan fingerprint density at radius 3 is 2.41 bits per heavy atom. The van der Waals surface area contributed by atoms with Crippen LogP contribution < -0.4 is 10.5 Å². The summed E-state index contributed by atoms with van der Waals surface area (Å²) in [6.07, 6.45) is 0. The smallest absolute Gasteiger partial charge is 0.336 e. The first-order chi connectivity index (χ1) is 13.8. The van der Waals surface area contributed by atoms with Crippen molar-refractivity contribution in [3.8, 4) is 0 Å². The molecule has 29 heavy (non-hydrogen) atoms. The lowest BCUT2D eigenvalue weighted by Crippen LogP contribution is -2.33. The summed E-state index contributed by atoms with van der Waals surface area (Å²) in [6.45, 7) is 5.34. The molecule has 6 nitrogen and oxygen atoms in total. The van der Waals surface area contributed by atoms with Crippen LogP contribution in [0.15, 0.2) is 51.7 Å². The second-order valence-corrected chi connectivity index (χ2v) is 7.20. The quantitative estimate of drug-likeness (QED) is 0.499. The molecule has 1 aromatic heterocycles. The van der Waals surface area contributed by atoms with Gasteiger partial charge in [0.15, 0.2) is 0 Å². The van der Waals surface area contributed by atoms with Gasteiger partial charge in [-0.05, 0) is 61.7 Å². The Morgan fingerprint density at radius 1 is 1.03 bits per heavy atom. The highest BCUT2D eigenvalue weighted by Crippen LogP contribution is 2.29. The standard InChI is InChI=1S/C22H19FN2O4/c1-12-4-9-18-15(10-19(26)29-20(18)13(12)2)11-24-21(27)14(3)25(22(24)28)17-7-5-16(23)6-8-17/h4-10,14H,11H2,1-3H3. The Balaban J connectivity index is 1.74. The number of benzene rings is 2. The van der Waals surface area contributed by atoms with Gasteiger partial charge in [0.05, 0.1) is 6.54 Å². The Labute approximate surface area is 166 Å². The number of anilines is 1. The fraction of sp³-hybridized carbons (Fsp3) is 0.227. The molecule has 2 heterocycles. The third kappa shape index (κ3) is 3.08. The molecule has 3 aromatic rings. The largest absolute Gasteiger partial charge is 0.422 e. The van der Waals surface area contributed by atoms with Crippen molar-refractivity contribution < 1.29 is 18.4 Å². The molecule has 1 atom stereocenters. The van der Waals surface area contributed by atoms with Gasteiger partial charge in [0.1, 0.15) is 17.4 Å². The van der Waals surface area contributed by atoms with Crippen molar-refractivity contribution in [2.75, 3.05) is 4.90 Å². The first-order valence-electron chi connectivity index (χ1n) is 9.21. The molecule has 4 rings (SSSR count). The summed E-state index contributed by atoms with van der Waals surface area (Å²) in [5.74, 6) is -0.811. The topological polar surface area (TPSA) is 70.8 Å². The van der Waals surface area contributed by atoms with Gasteiger partial charge >= 0.3 is 11.7 Å². The number of halogens is 1. The molecule has 0 bridgehead atoms. The summed E-state index contributed by atoms with van der Waals surface area (Å²) in [6, 6.07) is 9.18. The molecule has 1 aliphatic rings. The predicted molar refractivity (Wildman–Crippen MR) is 106 cm³/mol. The van der Waals surface area contributed by atoms with E-state index >= 15 is 0 Å². The van der Waals surface area contributed by atoms with Crippen LogP contribution in [0, 0.1) is 19.7 Å². The molecule has 7 heteroatoms. The van der Waals surface area contributed by atoms with Crippen LogP contribution in [0.1, 0.15) is 23.6 Å². The van der Waals surface area contributed by atoms with E-state index < -0.39 is 23.5 Å². The highest BCUT2D eigenvalue weighted by Gasteiger charge is 2.43. The van der Waals surface area contributed by atoms with Crippen LogP contribution in [0.4, 0.5) is 14.9 Å². The van der Waals surface area contributed by atoms with Gasteiger partial charge in [-0.1, -0.05) is 12.1 Å². The second-order valence-electron chi connectivity index (χ2n) is 7.20. The van der Waals surface area contributed by atoms with E-state index in [1.807, 2.05) is 26.0 Å². The third-order valence-corrected chi connectivity index (χ3v) is 5.40. The number of amides is 3. The monoisotopic (exact) mass is 394 g/mol. The third-order valence-electron chi connectivity index (χ3n) is 5.40. The van der Waals surface area contributed by atoms with Gasteiger partial charge in [0.25, 0.3) is 5.91 Å². The predicted octanol–water partition coefficient (Wildman–Crippen LogP) is 3.91. The molecule has 1 saturated heterocycles. The van der Waals surface area contributed by atoms with Crippen molar-refractivity contribution >= 4 is 28.6 Å². The number of urea groups is 1. The summed E-state index contributed by atoms with van der Waals surface area (Å²) in [5.41, 5.74) is 2.70. The molecule has 3 amide bonds. The fourth-order valence-electron chi connectivity index (χ4n) is 3.63. The second kappa shape index (κ2) is 6.84. The van der Waals surface area contributed by atoms with Crippen LogP contribution in [0.25, 0.3) is 11.0 Å². The van der Waals surface area contributed by atoms with Crippen molar-refractivity contribution in [1.82, 2.24) is 4.90 Å². The van der Waals surface area contributed by atoms with E-state index in [1.54, 1.807) is 6.92 Å². The molecule has 0 spiro atoms. The van der Waals surface area contributed by atoms with Crippen molar-refractivity contribution in [1.29, 1.82) is 0 Å². The number of aryl methyl sites for hydroxylation is 2. The zero-order valence-electron chi connectivity index (χ0n) is 16.2. The molecule has 1 aliphatic heterocycles. The van der Waals surface area contributed by atoms with Crippen molar-refractivity contribution in [2.24, 2.45) is 0 Å². The first kappa shape index (κ1) is 18.9. The lowest BCUT2D eigenvalue weighted by molar-refractivity contribution is -0.127. The highest BCUT2D eigenvalue weighted by atomic mass is 19.1. The number of hydrogen-bond acceptors (Lipinski definition) is 4. The molecular formula is C22H19FN2O4. The van der Waals surface area contributed by atoms with Gasteiger partial charge in [-0.25, -0.2) is 14.0 Å². The minimum atomic E-state index is -0.733. The summed E-state index contributed by atoms with van der Waals surface area (Å²) in [5, 5.41) is 0.682. The summed E-state index contributed by atoms with van der Waals surface area (Å²) in [4.78, 5) is 40.3. The Kier molecular flexibility index (Phi) is 4.45. The minimum Gasteiger partial charge on any atom is -0.422 e. The normalized spacial score (nSPS) is 16.9. The zero-order valence-corrected chi connectivity index (χ0v) is 16.2. The number of carbonyl (C=O) groups excluding carboxylic acids is 2. The van der Waals surface area contributed by atoms with Crippen LogP contribution in [0.2, 0.25) is 0 Å². The number of imide groups is 1. The first-order valence-corrected chi connectivity index (χ1v) is 9.21. The van der Waals surface area contributed by atoms with E-state index in [0.717, 1.165) is 16.0 Å². The number of carbonyl (C=O) groups is 2. The Hall–Kier alpha value is -3.48. The molecule has 0 N–H and O–H groups in total. The van der Waals surface area contributed by atoms with Crippen LogP contribution in [-0.2, 0) is 11.3 Å². The van der Waals surface area contributed by atoms with E-state index in [1.165, 1.54) is 35.2 Å². The molecule has 0 saturated carbocycles. The van der Waals surface area contributed by atoms with E-state index in [9.17, 15) is 18.8 Å². The van der Waals surface area contributed by atoms with Crippen molar-refractivity contribution in [3.05, 3.63) is 75.4 Å². The summed E-state index contributed by atoms with van der Waals surface area (Å²) < 4.78 is 18.6. The number of fused-ring (bicyclic) bond motifs is 1. The molecule has 1 unspecified atom stereocenters. The van der Waals surface area contributed by atoms with Crippen LogP contribution in [0.3, 0.4) is 0 Å².